The van der Waals surface area contributed by atoms with Gasteiger partial charge in [0, 0.05) is 13.2 Å². The van der Waals surface area contributed by atoms with Gasteiger partial charge in [-0.2, -0.15) is 0 Å². The maximum atomic E-state index is 11.0. The fourth-order valence-corrected chi connectivity index (χ4v) is 1.68. The molecule has 2 aromatic rings. The highest BCUT2D eigenvalue weighted by Crippen LogP contribution is 2.19. The smallest absolute Gasteiger partial charge is 0.318 e. The highest BCUT2D eigenvalue weighted by molar-refractivity contribution is 5.90. The van der Waals surface area contributed by atoms with Crippen molar-refractivity contribution in [1.29, 1.82) is 0 Å². The number of urea groups is 1. The number of amides is 2. The van der Waals surface area contributed by atoms with E-state index < -0.39 is 0 Å². The molecule has 0 radical (unpaired) electrons. The molecule has 2 N–H and O–H groups in total. The third-order valence-electron chi connectivity index (χ3n) is 2.53. The summed E-state index contributed by atoms with van der Waals surface area (Å²) in [4.78, 5) is 11.0. The van der Waals surface area contributed by atoms with E-state index in [4.69, 9.17) is 0 Å². The van der Waals surface area contributed by atoms with Crippen molar-refractivity contribution in [2.75, 3.05) is 7.05 Å². The summed E-state index contributed by atoms with van der Waals surface area (Å²) in [5, 5.41) is 7.46. The van der Waals surface area contributed by atoms with Crippen LogP contribution >= 0.6 is 0 Å². The van der Waals surface area contributed by atoms with Crippen LogP contribution in [0.2, 0.25) is 0 Å². The summed E-state index contributed by atoms with van der Waals surface area (Å²) in [7, 11) is 1.58. The Morgan fingerprint density at radius 3 is 2.71 bits per heavy atom. The van der Waals surface area contributed by atoms with Crippen LogP contribution in [-0.2, 0) is 0 Å². The van der Waals surface area contributed by atoms with E-state index in [9.17, 15) is 4.79 Å². The molecule has 0 saturated heterocycles. The van der Waals surface area contributed by atoms with Gasteiger partial charge >= 0.3 is 6.03 Å². The molecule has 2 aromatic carbocycles. The van der Waals surface area contributed by atoms with E-state index in [1.54, 1.807) is 13.2 Å². The number of hydrogen-bond donors (Lipinski definition) is 2. The van der Waals surface area contributed by atoms with Crippen LogP contribution in [0.3, 0.4) is 0 Å². The molecule has 3 nitrogen and oxygen atoms in total. The molecular weight excluding hydrogens is 212 g/mol. The van der Waals surface area contributed by atoms with Crippen LogP contribution in [-0.4, -0.2) is 13.1 Å². The van der Waals surface area contributed by atoms with Crippen molar-refractivity contribution in [2.24, 2.45) is 0 Å². The fraction of sp³-hybridized carbons (Fsp3) is 0.0714. The molecule has 0 fully saturated rings. The molecule has 0 aliphatic rings. The van der Waals surface area contributed by atoms with Crippen molar-refractivity contribution in [3.8, 4) is 0 Å². The topological polar surface area (TPSA) is 41.1 Å². The highest BCUT2D eigenvalue weighted by Gasteiger charge is 1.96. The predicted octanol–water partition coefficient (Wildman–Crippen LogP) is 2.74. The van der Waals surface area contributed by atoms with Crippen molar-refractivity contribution in [2.45, 2.75) is 0 Å². The van der Waals surface area contributed by atoms with Crippen molar-refractivity contribution in [3.05, 3.63) is 54.2 Å². The third-order valence-corrected chi connectivity index (χ3v) is 2.53. The molecular formula is C14H14N2O. The minimum Gasteiger partial charge on any atom is -0.341 e. The van der Waals surface area contributed by atoms with Crippen LogP contribution in [0.15, 0.2) is 48.7 Å². The van der Waals surface area contributed by atoms with Gasteiger partial charge in [0.2, 0.25) is 0 Å². The van der Waals surface area contributed by atoms with Crippen LogP contribution in [0, 0.1) is 0 Å². The van der Waals surface area contributed by atoms with E-state index in [-0.39, 0.29) is 6.03 Å². The van der Waals surface area contributed by atoms with Gasteiger partial charge in [0.1, 0.15) is 0 Å². The van der Waals surface area contributed by atoms with E-state index in [1.165, 1.54) is 10.8 Å². The Hall–Kier alpha value is -2.29. The Morgan fingerprint density at radius 1 is 1.12 bits per heavy atom. The predicted molar refractivity (Wildman–Crippen MR) is 70.6 cm³/mol. The van der Waals surface area contributed by atoms with E-state index in [0.717, 1.165) is 5.56 Å². The lowest BCUT2D eigenvalue weighted by atomic mass is 10.0. The lowest BCUT2D eigenvalue weighted by Gasteiger charge is -2.02. The SMILES string of the molecule is CNC(=O)N/C=C/c1cccc2ccccc12. The number of benzene rings is 2. The molecule has 0 unspecified atom stereocenters. The lowest BCUT2D eigenvalue weighted by molar-refractivity contribution is 0.246. The first-order valence-electron chi connectivity index (χ1n) is 5.44. The van der Waals surface area contributed by atoms with Gasteiger partial charge in [-0.15, -0.1) is 0 Å². The molecule has 3 heteroatoms. The second-order valence-corrected chi connectivity index (χ2v) is 3.63. The molecule has 2 rings (SSSR count). The van der Waals surface area contributed by atoms with Crippen LogP contribution in [0.1, 0.15) is 5.56 Å². The number of fused-ring (bicyclic) bond motifs is 1. The van der Waals surface area contributed by atoms with Crippen molar-refractivity contribution < 1.29 is 4.79 Å². The minimum atomic E-state index is -0.221. The van der Waals surface area contributed by atoms with Crippen LogP contribution in [0.25, 0.3) is 16.8 Å². The zero-order valence-corrected chi connectivity index (χ0v) is 9.60. The van der Waals surface area contributed by atoms with Crippen LogP contribution in [0.5, 0.6) is 0 Å². The molecule has 0 aliphatic heterocycles. The Kier molecular flexibility index (Phi) is 3.40. The lowest BCUT2D eigenvalue weighted by Crippen LogP contribution is -2.28. The van der Waals surface area contributed by atoms with E-state index in [2.05, 4.69) is 28.8 Å². The molecule has 2 amide bonds. The molecule has 0 saturated carbocycles. The summed E-state index contributed by atoms with van der Waals surface area (Å²) >= 11 is 0. The molecule has 0 spiro atoms. The highest BCUT2D eigenvalue weighted by atomic mass is 16.2. The quantitative estimate of drug-likeness (QED) is 0.812. The minimum absolute atomic E-state index is 0.221. The van der Waals surface area contributed by atoms with E-state index >= 15 is 0 Å². The van der Waals surface area contributed by atoms with Crippen molar-refractivity contribution in [3.63, 3.8) is 0 Å². The van der Waals surface area contributed by atoms with Gasteiger partial charge in [0.15, 0.2) is 0 Å². The average Bonchev–Trinajstić information content (AvgIpc) is 2.39. The van der Waals surface area contributed by atoms with Crippen molar-refractivity contribution in [1.82, 2.24) is 10.6 Å². The van der Waals surface area contributed by atoms with Crippen molar-refractivity contribution >= 4 is 22.9 Å². The van der Waals surface area contributed by atoms with Gasteiger partial charge in [-0.3, -0.25) is 0 Å². The largest absolute Gasteiger partial charge is 0.341 e. The number of carbonyl (C=O) groups is 1. The monoisotopic (exact) mass is 226 g/mol. The standard InChI is InChI=1S/C14H14N2O/c1-15-14(17)16-10-9-12-7-4-6-11-5-2-3-8-13(11)12/h2-10H,1H3,(H2,15,16,17)/b10-9+. The average molecular weight is 226 g/mol. The van der Waals surface area contributed by atoms with Gasteiger partial charge in [0.05, 0.1) is 0 Å². The fourth-order valence-electron chi connectivity index (χ4n) is 1.68. The molecule has 0 heterocycles. The summed E-state index contributed by atoms with van der Waals surface area (Å²) in [6, 6.07) is 14.0. The number of rotatable bonds is 2. The summed E-state index contributed by atoms with van der Waals surface area (Å²) in [6.07, 6.45) is 3.53. The van der Waals surface area contributed by atoms with Crippen LogP contribution in [0.4, 0.5) is 4.79 Å². The van der Waals surface area contributed by atoms with Gasteiger partial charge in [-0.25, -0.2) is 4.79 Å². The normalized spacial score (nSPS) is 10.6. The summed E-state index contributed by atoms with van der Waals surface area (Å²) in [5.41, 5.74) is 1.08. The first kappa shape index (κ1) is 11.2. The second kappa shape index (κ2) is 5.16. The molecule has 17 heavy (non-hydrogen) atoms. The first-order valence-corrected chi connectivity index (χ1v) is 5.44. The zero-order chi connectivity index (χ0) is 12.1. The summed E-state index contributed by atoms with van der Waals surface area (Å²) in [6.45, 7) is 0. The molecule has 86 valence electrons. The maximum absolute atomic E-state index is 11.0. The van der Waals surface area contributed by atoms with Gasteiger partial charge < -0.3 is 10.6 Å². The zero-order valence-electron chi connectivity index (χ0n) is 9.60. The van der Waals surface area contributed by atoms with Gasteiger partial charge in [-0.1, -0.05) is 42.5 Å². The Labute approximate surface area is 100 Å². The maximum Gasteiger partial charge on any atom is 0.318 e. The van der Waals surface area contributed by atoms with Gasteiger partial charge in [0.25, 0.3) is 0 Å². The molecule has 0 aromatic heterocycles. The third kappa shape index (κ3) is 2.64. The van der Waals surface area contributed by atoms with Gasteiger partial charge in [-0.05, 0) is 22.4 Å². The Balaban J connectivity index is 2.27. The summed E-state index contributed by atoms with van der Waals surface area (Å²) < 4.78 is 0. The van der Waals surface area contributed by atoms with E-state index in [1.807, 2.05) is 30.3 Å². The second-order valence-electron chi connectivity index (χ2n) is 3.63. The number of hydrogen-bond acceptors (Lipinski definition) is 1. The molecule has 0 atom stereocenters. The molecule has 0 aliphatic carbocycles. The molecule has 0 bridgehead atoms. The van der Waals surface area contributed by atoms with Crippen LogP contribution < -0.4 is 10.6 Å². The first-order chi connectivity index (χ1) is 8.31. The van der Waals surface area contributed by atoms with E-state index in [0.29, 0.717) is 0 Å². The Morgan fingerprint density at radius 2 is 1.88 bits per heavy atom. The number of carbonyl (C=O) groups excluding carboxylic acids is 1. The Bertz CT molecular complexity index is 556. The number of nitrogens with one attached hydrogen (secondary N) is 2. The summed E-state index contributed by atoms with van der Waals surface area (Å²) in [5.74, 6) is 0.